The van der Waals surface area contributed by atoms with E-state index in [1.165, 1.54) is 11.1 Å². The molecule has 2 rings (SSSR count). The normalized spacial score (nSPS) is 12.5. The summed E-state index contributed by atoms with van der Waals surface area (Å²) in [4.78, 5) is 29.8. The van der Waals surface area contributed by atoms with Crippen LogP contribution in [0.3, 0.4) is 0 Å². The number of benzene rings is 1. The van der Waals surface area contributed by atoms with E-state index in [1.54, 1.807) is 12.1 Å². The summed E-state index contributed by atoms with van der Waals surface area (Å²) in [5.74, 6) is -0.525. The SMILES string of the molecule is CC.CC.CCC1=CCC=CC(Cc2ccc(C(=O)CP(=O)(O)O)cc2C)=C1.CF. The monoisotopic (exact) mass is 440 g/mol. The standard InChI is InChI=1S/C19H23O4P.2C2H6.CH3F/c1-3-15-6-4-5-7-16(11-15)12-17-8-9-18(10-14(17)2)19(20)13-24(21,22)23;3*1-2/h5-11H,3-4,12-13H2,1-2H3,(H2,21,22,23);2*1-2H3;1H3. The van der Waals surface area contributed by atoms with Crippen molar-refractivity contribution in [3.8, 4) is 0 Å². The van der Waals surface area contributed by atoms with E-state index in [2.05, 4.69) is 31.2 Å². The number of aryl methyl sites for hydroxylation is 1. The van der Waals surface area contributed by atoms with Gasteiger partial charge in [0, 0.05) is 5.56 Å². The Bertz CT molecular complexity index is 773. The van der Waals surface area contributed by atoms with Crippen LogP contribution in [0.2, 0.25) is 0 Å². The van der Waals surface area contributed by atoms with E-state index in [0.717, 1.165) is 30.4 Å². The number of alkyl halides is 1. The van der Waals surface area contributed by atoms with E-state index in [4.69, 9.17) is 9.79 Å². The molecule has 6 heteroatoms. The number of Topliss-reactive ketones (excluding diaryl/α,β-unsaturated/α-hetero) is 1. The summed E-state index contributed by atoms with van der Waals surface area (Å²) in [7, 11) is -3.83. The molecule has 170 valence electrons. The highest BCUT2D eigenvalue weighted by Gasteiger charge is 2.20. The average Bonchev–Trinajstić information content (AvgIpc) is 2.98. The highest BCUT2D eigenvalue weighted by atomic mass is 31.2. The van der Waals surface area contributed by atoms with Gasteiger partial charge < -0.3 is 9.79 Å². The smallest absolute Gasteiger partial charge is 0.324 e. The van der Waals surface area contributed by atoms with Crippen molar-refractivity contribution in [1.29, 1.82) is 0 Å². The lowest BCUT2D eigenvalue weighted by atomic mass is 9.96. The topological polar surface area (TPSA) is 74.6 Å². The maximum absolute atomic E-state index is 11.9. The van der Waals surface area contributed by atoms with Crippen LogP contribution in [0.5, 0.6) is 0 Å². The Labute approximate surface area is 181 Å². The molecule has 0 fully saturated rings. The van der Waals surface area contributed by atoms with Gasteiger partial charge in [0.25, 0.3) is 0 Å². The Balaban J connectivity index is 0. The molecular formula is C24H38FO4P. The molecule has 4 nitrogen and oxygen atoms in total. The Kier molecular flexibility index (Phi) is 17.1. The lowest BCUT2D eigenvalue weighted by Gasteiger charge is -2.10. The molecule has 1 aliphatic carbocycles. The van der Waals surface area contributed by atoms with E-state index in [0.29, 0.717) is 12.7 Å². The first-order valence-corrected chi connectivity index (χ1v) is 12.2. The summed E-state index contributed by atoms with van der Waals surface area (Å²) in [5.41, 5.74) is 4.95. The van der Waals surface area contributed by atoms with Gasteiger partial charge in [-0.3, -0.25) is 13.8 Å². The Morgan fingerprint density at radius 3 is 2.20 bits per heavy atom. The molecule has 1 aromatic rings. The van der Waals surface area contributed by atoms with Gasteiger partial charge in [-0.1, -0.05) is 76.6 Å². The van der Waals surface area contributed by atoms with Gasteiger partial charge in [0.1, 0.15) is 6.16 Å². The molecule has 1 aliphatic rings. The zero-order valence-electron chi connectivity index (χ0n) is 19.4. The van der Waals surface area contributed by atoms with Gasteiger partial charge >= 0.3 is 7.60 Å². The summed E-state index contributed by atoms with van der Waals surface area (Å²) in [6.45, 7) is 12.1. The van der Waals surface area contributed by atoms with Gasteiger partial charge in [-0.25, -0.2) is 0 Å². The Morgan fingerprint density at radius 2 is 1.70 bits per heavy atom. The first-order valence-electron chi connectivity index (χ1n) is 10.4. The highest BCUT2D eigenvalue weighted by Crippen LogP contribution is 2.35. The third-order valence-electron chi connectivity index (χ3n) is 4.04. The lowest BCUT2D eigenvalue weighted by Crippen LogP contribution is -2.07. The molecule has 0 amide bonds. The van der Waals surface area contributed by atoms with E-state index in [1.807, 2.05) is 40.7 Å². The predicted molar refractivity (Wildman–Crippen MR) is 126 cm³/mol. The summed E-state index contributed by atoms with van der Waals surface area (Å²) >= 11 is 0. The molecule has 0 aromatic heterocycles. The van der Waals surface area contributed by atoms with Crippen molar-refractivity contribution in [2.75, 3.05) is 13.3 Å². The predicted octanol–water partition coefficient (Wildman–Crippen LogP) is 6.76. The van der Waals surface area contributed by atoms with Gasteiger partial charge in [0.05, 0.1) is 7.18 Å². The second-order valence-electron chi connectivity index (χ2n) is 6.05. The second kappa shape index (κ2) is 16.9. The first kappa shape index (κ1) is 30.4. The minimum Gasteiger partial charge on any atom is -0.324 e. The number of halogens is 1. The fourth-order valence-corrected chi connectivity index (χ4v) is 3.26. The van der Waals surface area contributed by atoms with Crippen molar-refractivity contribution >= 4 is 13.4 Å². The molecule has 2 N–H and O–H groups in total. The van der Waals surface area contributed by atoms with Gasteiger partial charge in [0.15, 0.2) is 5.78 Å². The first-order chi connectivity index (χ1) is 14.3. The molecule has 1 aromatic carbocycles. The van der Waals surface area contributed by atoms with Gasteiger partial charge in [-0.05, 0) is 49.0 Å². The fourth-order valence-electron chi connectivity index (χ4n) is 2.71. The summed E-state index contributed by atoms with van der Waals surface area (Å²) in [5, 5.41) is 0. The van der Waals surface area contributed by atoms with Crippen molar-refractivity contribution in [2.45, 2.75) is 60.8 Å². The Hall–Kier alpha value is -1.81. The van der Waals surface area contributed by atoms with Gasteiger partial charge in [-0.15, -0.1) is 0 Å². The van der Waals surface area contributed by atoms with Crippen LogP contribution in [0.15, 0.2) is 53.6 Å². The molecule has 0 bridgehead atoms. The molecule has 0 spiro atoms. The zero-order valence-corrected chi connectivity index (χ0v) is 20.3. The summed E-state index contributed by atoms with van der Waals surface area (Å²) in [6.07, 6.45) is 10.7. The van der Waals surface area contributed by atoms with Gasteiger partial charge in [-0.2, -0.15) is 0 Å². The fraction of sp³-hybridized carbons (Fsp3) is 0.458. The minimum absolute atomic E-state index is 0.346. The molecule has 0 aliphatic heterocycles. The summed E-state index contributed by atoms with van der Waals surface area (Å²) in [6, 6.07) is 5.24. The van der Waals surface area contributed by atoms with Crippen LogP contribution in [0.25, 0.3) is 0 Å². The van der Waals surface area contributed by atoms with Crippen LogP contribution in [-0.4, -0.2) is 28.9 Å². The molecule has 0 saturated carbocycles. The van der Waals surface area contributed by atoms with Crippen LogP contribution in [0, 0.1) is 6.92 Å². The molecular weight excluding hydrogens is 402 g/mol. The van der Waals surface area contributed by atoms with Crippen molar-refractivity contribution in [2.24, 2.45) is 0 Å². The lowest BCUT2D eigenvalue weighted by molar-refractivity contribution is 0.101. The molecule has 30 heavy (non-hydrogen) atoms. The molecule has 0 radical (unpaired) electrons. The third kappa shape index (κ3) is 12.0. The van der Waals surface area contributed by atoms with Gasteiger partial charge in [0.2, 0.25) is 0 Å². The van der Waals surface area contributed by atoms with Crippen LogP contribution in [0.4, 0.5) is 4.39 Å². The number of ketones is 1. The van der Waals surface area contributed by atoms with Crippen molar-refractivity contribution in [3.05, 3.63) is 70.3 Å². The quantitative estimate of drug-likeness (QED) is 0.379. The van der Waals surface area contributed by atoms with Crippen LogP contribution >= 0.6 is 7.60 Å². The summed E-state index contributed by atoms with van der Waals surface area (Å²) < 4.78 is 20.5. The minimum atomic E-state index is -4.33. The van der Waals surface area contributed by atoms with Crippen LogP contribution < -0.4 is 0 Å². The Morgan fingerprint density at radius 1 is 1.10 bits per heavy atom. The van der Waals surface area contributed by atoms with Crippen molar-refractivity contribution in [1.82, 2.24) is 0 Å². The largest absolute Gasteiger partial charge is 0.333 e. The molecule has 0 atom stereocenters. The maximum atomic E-state index is 11.9. The number of carbonyl (C=O) groups is 1. The number of hydrogen-bond donors (Lipinski definition) is 2. The van der Waals surface area contributed by atoms with Crippen molar-refractivity contribution < 1.29 is 23.5 Å². The number of allylic oxidation sites excluding steroid dienone is 6. The highest BCUT2D eigenvalue weighted by molar-refractivity contribution is 7.52. The van der Waals surface area contributed by atoms with Crippen molar-refractivity contribution in [3.63, 3.8) is 0 Å². The number of rotatable bonds is 6. The van der Waals surface area contributed by atoms with E-state index < -0.39 is 19.5 Å². The molecule has 0 unspecified atom stereocenters. The zero-order chi connectivity index (χ0) is 23.7. The van der Waals surface area contributed by atoms with Crippen LogP contribution in [-0.2, 0) is 11.0 Å². The van der Waals surface area contributed by atoms with E-state index >= 15 is 0 Å². The van der Waals surface area contributed by atoms with E-state index in [9.17, 15) is 13.8 Å². The molecule has 0 saturated heterocycles. The maximum Gasteiger partial charge on any atom is 0.333 e. The molecule has 0 heterocycles. The third-order valence-corrected chi connectivity index (χ3v) is 4.73. The number of carbonyl (C=O) groups excluding carboxylic acids is 1. The number of hydrogen-bond acceptors (Lipinski definition) is 2. The second-order valence-corrected chi connectivity index (χ2v) is 7.70. The average molecular weight is 441 g/mol. The van der Waals surface area contributed by atoms with E-state index in [-0.39, 0.29) is 0 Å². The van der Waals surface area contributed by atoms with Crippen LogP contribution in [0.1, 0.15) is 68.9 Å².